The van der Waals surface area contributed by atoms with Crippen molar-refractivity contribution in [1.29, 1.82) is 0 Å². The van der Waals surface area contributed by atoms with Crippen LogP contribution in [-0.2, 0) is 10.2 Å². The van der Waals surface area contributed by atoms with E-state index in [1.165, 1.54) is 10.5 Å². The monoisotopic (exact) mass is 418 g/mol. The number of nitrogens with one attached hydrogen (secondary N) is 2. The lowest BCUT2D eigenvalue weighted by atomic mass is 10.0. The number of benzene rings is 1. The molecule has 146 valence electrons. The predicted molar refractivity (Wildman–Crippen MR) is 109 cm³/mol. The lowest BCUT2D eigenvalue weighted by Gasteiger charge is -2.26. The molecular formula is C19H19ClN4O3S. The summed E-state index contributed by atoms with van der Waals surface area (Å²) in [6.45, 7) is 1.02. The fourth-order valence-electron chi connectivity index (χ4n) is 3.36. The molecule has 0 unspecified atom stereocenters. The van der Waals surface area contributed by atoms with Gasteiger partial charge in [0, 0.05) is 42.0 Å². The Labute approximate surface area is 167 Å². The molecule has 0 radical (unpaired) electrons. The number of hydrogen-bond donors (Lipinski definition) is 2. The van der Waals surface area contributed by atoms with Gasteiger partial charge >= 0.3 is 10.2 Å². The minimum atomic E-state index is -3.63. The number of carbonyl (C=O) groups excluding carboxylic acids is 1. The van der Waals surface area contributed by atoms with Crippen molar-refractivity contribution in [2.45, 2.75) is 19.3 Å². The molecule has 3 heterocycles. The Morgan fingerprint density at radius 3 is 2.75 bits per heavy atom. The van der Waals surface area contributed by atoms with E-state index in [0.29, 0.717) is 46.0 Å². The molecule has 1 aliphatic heterocycles. The standard InChI is InChI=1S/C19H19ClN4O3S/c20-14-10-16-17(12-22-19(16)21-11-14)18(25)13-5-4-6-15(9-13)23-28(26,27)24-7-2-1-3-8-24/h4-6,9-12,23H,1-3,7-8H2,(H,21,22). The van der Waals surface area contributed by atoms with Gasteiger partial charge in [-0.25, -0.2) is 4.98 Å². The molecule has 0 amide bonds. The van der Waals surface area contributed by atoms with Crippen LogP contribution in [0.2, 0.25) is 5.02 Å². The molecule has 0 spiro atoms. The van der Waals surface area contributed by atoms with Crippen molar-refractivity contribution in [3.8, 4) is 0 Å². The van der Waals surface area contributed by atoms with Crippen molar-refractivity contribution >= 4 is 44.3 Å². The van der Waals surface area contributed by atoms with Crippen LogP contribution in [0.4, 0.5) is 5.69 Å². The number of aromatic amines is 1. The summed E-state index contributed by atoms with van der Waals surface area (Å²) in [7, 11) is -3.63. The van der Waals surface area contributed by atoms with E-state index in [1.807, 2.05) is 0 Å². The average Bonchev–Trinajstić information content (AvgIpc) is 3.11. The molecule has 1 aliphatic rings. The number of halogens is 1. The highest BCUT2D eigenvalue weighted by Gasteiger charge is 2.24. The molecule has 0 bridgehead atoms. The maximum Gasteiger partial charge on any atom is 0.301 e. The van der Waals surface area contributed by atoms with Crippen molar-refractivity contribution in [3.05, 3.63) is 58.9 Å². The summed E-state index contributed by atoms with van der Waals surface area (Å²) < 4.78 is 29.2. The van der Waals surface area contributed by atoms with Gasteiger partial charge in [-0.05, 0) is 31.0 Å². The summed E-state index contributed by atoms with van der Waals surface area (Å²) in [5.41, 5.74) is 1.72. The number of piperidine rings is 1. The number of fused-ring (bicyclic) bond motifs is 1. The number of hydrogen-bond acceptors (Lipinski definition) is 4. The molecule has 0 aliphatic carbocycles. The molecular weight excluding hydrogens is 400 g/mol. The van der Waals surface area contributed by atoms with Gasteiger partial charge in [0.2, 0.25) is 0 Å². The van der Waals surface area contributed by atoms with Crippen LogP contribution in [0.25, 0.3) is 11.0 Å². The van der Waals surface area contributed by atoms with Gasteiger partial charge in [-0.3, -0.25) is 9.52 Å². The quantitative estimate of drug-likeness (QED) is 0.619. The number of carbonyl (C=O) groups is 1. The van der Waals surface area contributed by atoms with Gasteiger partial charge in [0.15, 0.2) is 5.78 Å². The lowest BCUT2D eigenvalue weighted by Crippen LogP contribution is -2.39. The number of ketones is 1. The molecule has 3 aromatic rings. The second-order valence-electron chi connectivity index (χ2n) is 6.73. The van der Waals surface area contributed by atoms with Crippen molar-refractivity contribution in [1.82, 2.24) is 14.3 Å². The molecule has 1 fully saturated rings. The highest BCUT2D eigenvalue weighted by atomic mass is 35.5. The fraction of sp³-hybridized carbons (Fsp3) is 0.263. The van der Waals surface area contributed by atoms with Gasteiger partial charge in [-0.1, -0.05) is 30.2 Å². The predicted octanol–water partition coefficient (Wildman–Crippen LogP) is 3.59. The molecule has 0 saturated carbocycles. The molecule has 1 aromatic carbocycles. The highest BCUT2D eigenvalue weighted by Crippen LogP contribution is 2.24. The van der Waals surface area contributed by atoms with Crippen LogP contribution in [0.3, 0.4) is 0 Å². The SMILES string of the molecule is O=C(c1cccc(NS(=O)(=O)N2CCCCC2)c1)c1c[nH]c2ncc(Cl)cc12. The summed E-state index contributed by atoms with van der Waals surface area (Å²) in [6.07, 6.45) is 5.85. The van der Waals surface area contributed by atoms with E-state index in [9.17, 15) is 13.2 Å². The molecule has 0 atom stereocenters. The molecule has 9 heteroatoms. The normalized spacial score (nSPS) is 15.6. The first-order valence-corrected chi connectivity index (χ1v) is 10.8. The third kappa shape index (κ3) is 3.76. The topological polar surface area (TPSA) is 95.2 Å². The summed E-state index contributed by atoms with van der Waals surface area (Å²) in [4.78, 5) is 20.1. The zero-order chi connectivity index (χ0) is 19.7. The third-order valence-electron chi connectivity index (χ3n) is 4.77. The van der Waals surface area contributed by atoms with Gasteiger partial charge < -0.3 is 4.98 Å². The fourth-order valence-corrected chi connectivity index (χ4v) is 4.81. The van der Waals surface area contributed by atoms with E-state index in [-0.39, 0.29) is 5.78 Å². The van der Waals surface area contributed by atoms with E-state index in [0.717, 1.165) is 19.3 Å². The first-order valence-electron chi connectivity index (χ1n) is 8.99. The number of aromatic nitrogens is 2. The van der Waals surface area contributed by atoms with E-state index >= 15 is 0 Å². The molecule has 2 N–H and O–H groups in total. The van der Waals surface area contributed by atoms with Gasteiger partial charge in [-0.2, -0.15) is 12.7 Å². The second kappa shape index (κ2) is 7.54. The first kappa shape index (κ1) is 18.9. The van der Waals surface area contributed by atoms with Gasteiger partial charge in [0.05, 0.1) is 10.7 Å². The average molecular weight is 419 g/mol. The van der Waals surface area contributed by atoms with Crippen LogP contribution in [0.1, 0.15) is 35.2 Å². The van der Waals surface area contributed by atoms with E-state index in [1.54, 1.807) is 36.5 Å². The molecule has 1 saturated heterocycles. The summed E-state index contributed by atoms with van der Waals surface area (Å²) in [5, 5.41) is 1.06. The van der Waals surface area contributed by atoms with Crippen LogP contribution in [-0.4, -0.2) is 41.6 Å². The van der Waals surface area contributed by atoms with Crippen molar-refractivity contribution < 1.29 is 13.2 Å². The van der Waals surface area contributed by atoms with E-state index in [2.05, 4.69) is 14.7 Å². The minimum Gasteiger partial charge on any atom is -0.345 e. The summed E-state index contributed by atoms with van der Waals surface area (Å²) >= 11 is 6.00. The number of nitrogens with zero attached hydrogens (tertiary/aromatic N) is 2. The number of pyridine rings is 1. The molecule has 28 heavy (non-hydrogen) atoms. The van der Waals surface area contributed by atoms with Gasteiger partial charge in [0.1, 0.15) is 5.65 Å². The second-order valence-corrected chi connectivity index (χ2v) is 8.84. The van der Waals surface area contributed by atoms with Crippen LogP contribution >= 0.6 is 11.6 Å². The number of anilines is 1. The summed E-state index contributed by atoms with van der Waals surface area (Å²) in [5.74, 6) is -0.241. The zero-order valence-electron chi connectivity index (χ0n) is 15.0. The molecule has 7 nitrogen and oxygen atoms in total. The third-order valence-corrected chi connectivity index (χ3v) is 6.51. The van der Waals surface area contributed by atoms with Crippen molar-refractivity contribution in [3.63, 3.8) is 0 Å². The smallest absolute Gasteiger partial charge is 0.301 e. The Morgan fingerprint density at radius 2 is 1.96 bits per heavy atom. The lowest BCUT2D eigenvalue weighted by molar-refractivity contribution is 0.104. The minimum absolute atomic E-state index is 0.241. The van der Waals surface area contributed by atoms with Crippen molar-refractivity contribution in [2.75, 3.05) is 17.8 Å². The maximum atomic E-state index is 13.0. The van der Waals surface area contributed by atoms with Crippen LogP contribution in [0.5, 0.6) is 0 Å². The Morgan fingerprint density at radius 1 is 1.18 bits per heavy atom. The largest absolute Gasteiger partial charge is 0.345 e. The molecule has 4 rings (SSSR count). The van der Waals surface area contributed by atoms with E-state index in [4.69, 9.17) is 11.6 Å². The zero-order valence-corrected chi connectivity index (χ0v) is 16.6. The Balaban J connectivity index is 1.61. The Kier molecular flexibility index (Phi) is 5.09. The van der Waals surface area contributed by atoms with E-state index < -0.39 is 10.2 Å². The number of rotatable bonds is 5. The maximum absolute atomic E-state index is 13.0. The first-order chi connectivity index (χ1) is 13.4. The van der Waals surface area contributed by atoms with Crippen LogP contribution in [0.15, 0.2) is 42.7 Å². The highest BCUT2D eigenvalue weighted by molar-refractivity contribution is 7.90. The van der Waals surface area contributed by atoms with Gasteiger partial charge in [-0.15, -0.1) is 0 Å². The van der Waals surface area contributed by atoms with Gasteiger partial charge in [0.25, 0.3) is 0 Å². The van der Waals surface area contributed by atoms with Crippen LogP contribution in [0, 0.1) is 0 Å². The van der Waals surface area contributed by atoms with Crippen molar-refractivity contribution in [2.24, 2.45) is 0 Å². The Hall–Kier alpha value is -2.42. The molecule has 2 aromatic heterocycles. The van der Waals surface area contributed by atoms with Crippen LogP contribution < -0.4 is 4.72 Å². The Bertz CT molecular complexity index is 1140. The number of H-pyrrole nitrogens is 1. The summed E-state index contributed by atoms with van der Waals surface area (Å²) in [6, 6.07) is 8.16.